The Kier molecular flexibility index (Phi) is 13.4. The molecule has 0 amide bonds. The maximum Gasteiger partial charge on any atom is -0.0105 e. The molecule has 0 heteroatoms. The van der Waals surface area contributed by atoms with Crippen molar-refractivity contribution in [3.05, 3.63) is 249 Å². The van der Waals surface area contributed by atoms with Crippen molar-refractivity contribution in [2.45, 2.75) is 76.0 Å². The molecule has 0 N–H and O–H groups in total. The van der Waals surface area contributed by atoms with Crippen molar-refractivity contribution in [2.24, 2.45) is 0 Å². The first-order chi connectivity index (χ1) is 30.7. The molecule has 0 radical (unpaired) electrons. The molecule has 9 rings (SSSR count). The average Bonchev–Trinajstić information content (AvgIpc) is 3.35. The van der Waals surface area contributed by atoms with Crippen LogP contribution in [0.15, 0.2) is 182 Å². The van der Waals surface area contributed by atoms with E-state index in [9.17, 15) is 0 Å². The van der Waals surface area contributed by atoms with Crippen LogP contribution in [0.1, 0.15) is 143 Å². The molecule has 0 nitrogen and oxygen atoms in total. The minimum absolute atomic E-state index is 0.698. The van der Waals surface area contributed by atoms with Crippen molar-refractivity contribution in [3.63, 3.8) is 0 Å². The number of benzene rings is 7. The van der Waals surface area contributed by atoms with Gasteiger partial charge in [-0.05, 0) is 128 Å². The van der Waals surface area contributed by atoms with Gasteiger partial charge in [-0.25, -0.2) is 0 Å². The van der Waals surface area contributed by atoms with Crippen LogP contribution in [0.5, 0.6) is 0 Å². The molecule has 2 aliphatic rings. The topological polar surface area (TPSA) is 0 Å². The Labute approximate surface area is 370 Å². The van der Waals surface area contributed by atoms with Gasteiger partial charge in [0.15, 0.2) is 0 Å². The molecule has 0 unspecified atom stereocenters. The molecule has 0 bridgehead atoms. The second-order valence-electron chi connectivity index (χ2n) is 17.3. The van der Waals surface area contributed by atoms with Crippen LogP contribution < -0.4 is 0 Å². The predicted molar refractivity (Wildman–Crippen MR) is 269 cm³/mol. The maximum absolute atomic E-state index is 2.38. The molecule has 306 valence electrons. The highest BCUT2D eigenvalue weighted by atomic mass is 14.2. The lowest BCUT2D eigenvalue weighted by Crippen LogP contribution is -2.04. The van der Waals surface area contributed by atoms with Crippen LogP contribution >= 0.6 is 0 Å². The van der Waals surface area contributed by atoms with E-state index in [4.69, 9.17) is 0 Å². The lowest BCUT2D eigenvalue weighted by atomic mass is 9.83. The van der Waals surface area contributed by atoms with E-state index in [1.807, 2.05) is 0 Å². The Morgan fingerprint density at radius 1 is 0.274 bits per heavy atom. The molecule has 2 saturated carbocycles. The largest absolute Gasteiger partial charge is 0.0622 e. The summed E-state index contributed by atoms with van der Waals surface area (Å²) in [6.07, 6.45) is 27.2. The molecule has 2 fully saturated rings. The normalized spacial score (nSPS) is 15.7. The van der Waals surface area contributed by atoms with Gasteiger partial charge in [-0.15, -0.1) is 0 Å². The molecule has 0 heterocycles. The summed E-state index contributed by atoms with van der Waals surface area (Å²) in [5, 5.41) is 0. The summed E-state index contributed by atoms with van der Waals surface area (Å²) in [5.41, 5.74) is 17.6. The van der Waals surface area contributed by atoms with Crippen LogP contribution in [-0.2, 0) is 0 Å². The monoisotopic (exact) mass is 802 g/mol. The lowest BCUT2D eigenvalue weighted by Gasteiger charge is -2.22. The van der Waals surface area contributed by atoms with Crippen LogP contribution in [-0.4, -0.2) is 0 Å². The molecule has 2 aliphatic carbocycles. The van der Waals surface area contributed by atoms with Gasteiger partial charge in [0.05, 0.1) is 0 Å². The van der Waals surface area contributed by atoms with E-state index in [1.165, 1.54) is 142 Å². The van der Waals surface area contributed by atoms with E-state index < -0.39 is 0 Å². The van der Waals surface area contributed by atoms with Crippen LogP contribution in [0.2, 0.25) is 0 Å². The summed E-state index contributed by atoms with van der Waals surface area (Å²) in [5.74, 6) is 1.40. The van der Waals surface area contributed by atoms with Crippen molar-refractivity contribution < 1.29 is 0 Å². The van der Waals surface area contributed by atoms with Crippen LogP contribution in [0, 0.1) is 0 Å². The fraction of sp³-hybridized carbons (Fsp3) is 0.194. The Morgan fingerprint density at radius 3 is 0.887 bits per heavy atom. The van der Waals surface area contributed by atoms with E-state index in [0.29, 0.717) is 11.8 Å². The van der Waals surface area contributed by atoms with Gasteiger partial charge in [0.25, 0.3) is 0 Å². The quantitative estimate of drug-likeness (QED) is 0.108. The highest BCUT2D eigenvalue weighted by Gasteiger charge is 2.18. The Morgan fingerprint density at radius 2 is 0.548 bits per heavy atom. The van der Waals surface area contributed by atoms with Gasteiger partial charge >= 0.3 is 0 Å². The van der Waals surface area contributed by atoms with Gasteiger partial charge in [0.1, 0.15) is 0 Å². The molecular formula is C62H58. The lowest BCUT2D eigenvalue weighted by molar-refractivity contribution is 0.443. The van der Waals surface area contributed by atoms with Gasteiger partial charge < -0.3 is 0 Å². The minimum Gasteiger partial charge on any atom is -0.0622 e. The summed E-state index contributed by atoms with van der Waals surface area (Å²) in [7, 11) is 0. The first-order valence-electron chi connectivity index (χ1n) is 23.1. The third kappa shape index (κ3) is 10.2. The minimum atomic E-state index is 0.698. The van der Waals surface area contributed by atoms with Crippen molar-refractivity contribution in [1.82, 2.24) is 0 Å². The first kappa shape index (κ1) is 40.9. The molecular weight excluding hydrogens is 745 g/mol. The zero-order valence-electron chi connectivity index (χ0n) is 36.0. The van der Waals surface area contributed by atoms with E-state index in [-0.39, 0.29) is 0 Å². The number of hydrogen-bond acceptors (Lipinski definition) is 0. The Hall–Kier alpha value is -6.50. The number of hydrogen-bond donors (Lipinski definition) is 0. The first-order valence-corrected chi connectivity index (χ1v) is 23.1. The molecule has 0 atom stereocenters. The van der Waals surface area contributed by atoms with E-state index in [2.05, 4.69) is 218 Å². The molecule has 0 aliphatic heterocycles. The van der Waals surface area contributed by atoms with Crippen LogP contribution in [0.4, 0.5) is 0 Å². The van der Waals surface area contributed by atoms with E-state index >= 15 is 0 Å². The van der Waals surface area contributed by atoms with E-state index in [0.717, 1.165) is 0 Å². The van der Waals surface area contributed by atoms with Crippen molar-refractivity contribution in [2.75, 3.05) is 0 Å². The summed E-state index contributed by atoms with van der Waals surface area (Å²) >= 11 is 0. The second kappa shape index (κ2) is 20.4. The van der Waals surface area contributed by atoms with Crippen molar-refractivity contribution in [1.29, 1.82) is 0 Å². The average molecular weight is 803 g/mol. The fourth-order valence-corrected chi connectivity index (χ4v) is 9.72. The smallest absolute Gasteiger partial charge is 0.0105 e. The van der Waals surface area contributed by atoms with Gasteiger partial charge in [-0.1, -0.05) is 245 Å². The molecule has 7 aromatic rings. The molecule has 62 heavy (non-hydrogen) atoms. The maximum atomic E-state index is 2.38. The predicted octanol–water partition coefficient (Wildman–Crippen LogP) is 17.3. The summed E-state index contributed by atoms with van der Waals surface area (Å²) in [4.78, 5) is 0. The summed E-state index contributed by atoms with van der Waals surface area (Å²) in [6.45, 7) is 0. The van der Waals surface area contributed by atoms with Crippen LogP contribution in [0.25, 0.3) is 47.6 Å². The van der Waals surface area contributed by atoms with Crippen molar-refractivity contribution >= 4 is 47.6 Å². The molecule has 0 spiro atoms. The van der Waals surface area contributed by atoms with Gasteiger partial charge in [-0.3, -0.25) is 0 Å². The standard InChI is InChI=1S/C62H58/c1-5-19-47(20-6-1)53-37-41-57(42-38-53)61(55-27-9-3-10-28-55)45-59-31-17-15-25-51(59)35-33-49-23-13-14-24-50(49)34-36-52-26-16-18-32-60(52)46-62(56-29-11-4-12-30-56)58-43-39-54(40-44-58)48-21-7-2-8-22-48/h3-4,9-18,23-48H,1-2,5-8,19-22H2/b35-33?,36-34?,61-45-,62-46-. The zero-order chi connectivity index (χ0) is 41.8. The van der Waals surface area contributed by atoms with Gasteiger partial charge in [0, 0.05) is 0 Å². The third-order valence-corrected chi connectivity index (χ3v) is 13.2. The zero-order valence-corrected chi connectivity index (χ0v) is 36.0. The highest BCUT2D eigenvalue weighted by molar-refractivity contribution is 5.95. The number of rotatable bonds is 12. The SMILES string of the molecule is C(=Cc1ccccc1/C=C(/c1ccccc1)c1ccc(C2CCCCC2)cc1)c1ccccc1C=Cc1ccccc1/C=C(/c1ccccc1)c1ccc(C2CCCCC2)cc1. The molecule has 0 saturated heterocycles. The summed E-state index contributed by atoms with van der Waals surface area (Å²) < 4.78 is 0. The second-order valence-corrected chi connectivity index (χ2v) is 17.3. The van der Waals surface area contributed by atoms with Crippen LogP contribution in [0.3, 0.4) is 0 Å². The van der Waals surface area contributed by atoms with Crippen molar-refractivity contribution in [3.8, 4) is 0 Å². The third-order valence-electron chi connectivity index (χ3n) is 13.2. The molecule has 0 aromatic heterocycles. The molecule has 7 aromatic carbocycles. The Balaban J connectivity index is 0.999. The van der Waals surface area contributed by atoms with Gasteiger partial charge in [0.2, 0.25) is 0 Å². The Bertz CT molecular complexity index is 2450. The van der Waals surface area contributed by atoms with E-state index in [1.54, 1.807) is 0 Å². The highest BCUT2D eigenvalue weighted by Crippen LogP contribution is 2.36. The summed E-state index contributed by atoms with van der Waals surface area (Å²) in [6, 6.07) is 66.8. The van der Waals surface area contributed by atoms with Gasteiger partial charge in [-0.2, -0.15) is 0 Å². The fourth-order valence-electron chi connectivity index (χ4n) is 9.72.